The van der Waals surface area contributed by atoms with Crippen LogP contribution in [-0.2, 0) is 0 Å². The summed E-state index contributed by atoms with van der Waals surface area (Å²) in [5.74, 6) is 0. The molecular formula is C16H36F6PSb. The number of hydrogen-bond acceptors (Lipinski definition) is 0. The minimum atomic E-state index is -0.562. The van der Waals surface area contributed by atoms with Crippen molar-refractivity contribution in [2.75, 3.05) is 24.6 Å². The van der Waals surface area contributed by atoms with E-state index in [0.29, 0.717) is 0 Å². The van der Waals surface area contributed by atoms with Gasteiger partial charge in [0.15, 0.2) is 0 Å². The zero-order valence-corrected chi connectivity index (χ0v) is 19.1. The van der Waals surface area contributed by atoms with Gasteiger partial charge in [0.1, 0.15) is 0 Å². The Kier molecular flexibility index (Phi) is 72.7. The van der Waals surface area contributed by atoms with Crippen LogP contribution in [0, 0.1) is 0 Å². The molecular weight excluding hydrogens is 459 g/mol. The molecule has 0 radical (unpaired) electrons. The molecule has 0 amide bonds. The molecule has 0 unspecified atom stereocenters. The van der Waals surface area contributed by atoms with Crippen LogP contribution >= 0.6 is 7.26 Å². The smallest absolute Gasteiger partial charge is 1.00 e. The maximum absolute atomic E-state index is 2.36. The van der Waals surface area contributed by atoms with Crippen LogP contribution in [0.5, 0.6) is 0 Å². The van der Waals surface area contributed by atoms with Crippen LogP contribution in [0.1, 0.15) is 79.1 Å². The van der Waals surface area contributed by atoms with Crippen molar-refractivity contribution in [1.82, 2.24) is 0 Å². The van der Waals surface area contributed by atoms with E-state index < -0.39 is 7.26 Å². The summed E-state index contributed by atoms with van der Waals surface area (Å²) in [5.41, 5.74) is 0. The van der Waals surface area contributed by atoms with Crippen LogP contribution in [-0.4, -0.2) is 49.1 Å². The van der Waals surface area contributed by atoms with Crippen molar-refractivity contribution in [1.29, 1.82) is 0 Å². The van der Waals surface area contributed by atoms with Crippen molar-refractivity contribution < 1.29 is 28.2 Å². The van der Waals surface area contributed by atoms with Gasteiger partial charge >= 0.3 is 24.4 Å². The van der Waals surface area contributed by atoms with Gasteiger partial charge in [0, 0.05) is 7.26 Å². The van der Waals surface area contributed by atoms with Crippen molar-refractivity contribution in [3.05, 3.63) is 0 Å². The van der Waals surface area contributed by atoms with E-state index in [0.717, 1.165) is 0 Å². The van der Waals surface area contributed by atoms with E-state index in [9.17, 15) is 0 Å². The van der Waals surface area contributed by atoms with Gasteiger partial charge in [-0.25, -0.2) is 0 Å². The summed E-state index contributed by atoms with van der Waals surface area (Å²) >= 11 is 0. The molecule has 0 bridgehead atoms. The molecule has 0 aromatic carbocycles. The second kappa shape index (κ2) is 35.0. The monoisotopic (exact) mass is 494 g/mol. The van der Waals surface area contributed by atoms with E-state index in [1.165, 1.54) is 51.4 Å². The van der Waals surface area contributed by atoms with Crippen LogP contribution in [0.15, 0.2) is 0 Å². The fraction of sp³-hybridized carbons (Fsp3) is 1.00. The molecule has 0 aliphatic carbocycles. The Bertz CT molecular complexity index is 141. The van der Waals surface area contributed by atoms with Crippen LogP contribution in [0.3, 0.4) is 0 Å². The number of unbranched alkanes of at least 4 members (excludes halogenated alkanes) is 4. The Morgan fingerprint density at radius 1 is 0.417 bits per heavy atom. The summed E-state index contributed by atoms with van der Waals surface area (Å²) < 4.78 is 0. The van der Waals surface area contributed by atoms with Gasteiger partial charge in [0.05, 0.1) is 24.6 Å². The second-order valence-corrected chi connectivity index (χ2v) is 10.1. The Hall–Kier alpha value is 0.828. The van der Waals surface area contributed by atoms with Gasteiger partial charge < -0.3 is 28.2 Å². The number of halogens is 6. The first-order chi connectivity index (χ1) is 8.24. The predicted octanol–water partition coefficient (Wildman–Crippen LogP) is -12.2. The summed E-state index contributed by atoms with van der Waals surface area (Å²) in [6, 6.07) is 0. The molecule has 24 heavy (non-hydrogen) atoms. The molecule has 0 heterocycles. The van der Waals surface area contributed by atoms with E-state index in [2.05, 4.69) is 27.7 Å². The minimum Gasteiger partial charge on any atom is -1.00 e. The first kappa shape index (κ1) is 49.8. The van der Waals surface area contributed by atoms with Crippen molar-refractivity contribution >= 4 is 31.7 Å². The summed E-state index contributed by atoms with van der Waals surface area (Å²) in [6.45, 7) is 9.42. The summed E-state index contributed by atoms with van der Waals surface area (Å²) in [6.07, 6.45) is 17.9. The van der Waals surface area contributed by atoms with Crippen molar-refractivity contribution in [2.24, 2.45) is 0 Å². The number of rotatable bonds is 12. The molecule has 0 saturated carbocycles. The van der Waals surface area contributed by atoms with Crippen LogP contribution in [0.4, 0.5) is 0 Å². The molecule has 0 N–H and O–H groups in total. The van der Waals surface area contributed by atoms with Crippen LogP contribution in [0.2, 0.25) is 0 Å². The summed E-state index contributed by atoms with van der Waals surface area (Å²) in [5, 5.41) is 0. The minimum absolute atomic E-state index is 0. The summed E-state index contributed by atoms with van der Waals surface area (Å²) in [4.78, 5) is 0. The third kappa shape index (κ3) is 25.1. The average molecular weight is 495 g/mol. The van der Waals surface area contributed by atoms with Gasteiger partial charge in [-0.15, -0.1) is 0 Å². The zero-order chi connectivity index (χ0) is 13.0. The topological polar surface area (TPSA) is 0 Å². The fourth-order valence-electron chi connectivity index (χ4n) is 2.64. The molecule has 0 aromatic rings. The third-order valence-electron chi connectivity index (χ3n) is 3.94. The molecule has 0 nitrogen and oxygen atoms in total. The van der Waals surface area contributed by atoms with Gasteiger partial charge in [-0.1, -0.05) is 53.4 Å². The van der Waals surface area contributed by atoms with E-state index >= 15 is 0 Å². The van der Waals surface area contributed by atoms with Crippen molar-refractivity contribution in [2.45, 2.75) is 79.1 Å². The quantitative estimate of drug-likeness (QED) is 0.144. The normalized spacial score (nSPS) is 8.50. The average Bonchev–Trinajstić information content (AvgIpc) is 2.37. The molecule has 0 saturated heterocycles. The van der Waals surface area contributed by atoms with E-state index in [4.69, 9.17) is 0 Å². The first-order valence-electron chi connectivity index (χ1n) is 8.09. The molecule has 0 aromatic heterocycles. The van der Waals surface area contributed by atoms with Gasteiger partial charge in [-0.2, -0.15) is 0 Å². The SMILES string of the molecule is CCCC[P+](CCCC)(CCCC)CCCC.[F-].[F-].[F-].[F-].[F-].[F-].[Sb+5]. The Balaban J connectivity index is -0.0000000610. The predicted molar refractivity (Wildman–Crippen MR) is 91.8 cm³/mol. The maximum atomic E-state index is 2.36. The van der Waals surface area contributed by atoms with Gasteiger partial charge in [-0.05, 0) is 25.7 Å². The van der Waals surface area contributed by atoms with E-state index in [1.807, 2.05) is 0 Å². The van der Waals surface area contributed by atoms with Crippen LogP contribution < -0.4 is 28.2 Å². The molecule has 0 aliphatic heterocycles. The van der Waals surface area contributed by atoms with E-state index in [1.54, 1.807) is 24.6 Å². The second-order valence-electron chi connectivity index (χ2n) is 5.65. The van der Waals surface area contributed by atoms with Crippen LogP contribution in [0.25, 0.3) is 0 Å². The molecule has 0 rings (SSSR count). The standard InChI is InChI=1S/C16H36P.6FH.Sb/c1-5-9-13-17(14-10-6-2,15-11-7-3)16-12-8-4;;;;;;;/h5-16H2,1-4H3;6*1H;/q+1;;;;;;;+5/p-6. The van der Waals surface area contributed by atoms with Crippen molar-refractivity contribution in [3.63, 3.8) is 0 Å². The van der Waals surface area contributed by atoms with Gasteiger partial charge in [-0.3, -0.25) is 0 Å². The third-order valence-corrected chi connectivity index (χ3v) is 9.00. The van der Waals surface area contributed by atoms with Crippen molar-refractivity contribution in [3.8, 4) is 0 Å². The molecule has 152 valence electrons. The fourth-order valence-corrected chi connectivity index (χ4v) is 7.93. The van der Waals surface area contributed by atoms with E-state index in [-0.39, 0.29) is 52.7 Å². The number of hydrogen-bond donors (Lipinski definition) is 0. The molecule has 0 spiro atoms. The molecule has 0 fully saturated rings. The Labute approximate surface area is 163 Å². The first-order valence-corrected chi connectivity index (χ1v) is 10.6. The molecule has 0 atom stereocenters. The molecule has 0 aliphatic rings. The Morgan fingerprint density at radius 2 is 0.583 bits per heavy atom. The molecule has 8 heteroatoms. The van der Waals surface area contributed by atoms with Gasteiger partial charge in [0.25, 0.3) is 0 Å². The van der Waals surface area contributed by atoms with Gasteiger partial charge in [0.2, 0.25) is 0 Å². The largest absolute Gasteiger partial charge is 5.00 e. The maximum Gasteiger partial charge on any atom is 5.00 e. The zero-order valence-electron chi connectivity index (χ0n) is 15.6. The Morgan fingerprint density at radius 3 is 0.708 bits per heavy atom. The summed E-state index contributed by atoms with van der Waals surface area (Å²) in [7, 11) is -0.562.